The van der Waals surface area contributed by atoms with Gasteiger partial charge in [-0.05, 0) is 25.0 Å². The first-order valence-electron chi connectivity index (χ1n) is 8.52. The smallest absolute Gasteiger partial charge is 0.246 e. The Hall–Kier alpha value is -2.20. The van der Waals surface area contributed by atoms with Crippen LogP contribution in [0.3, 0.4) is 0 Å². The largest absolute Gasteiger partial charge is 0.383 e. The molecule has 0 spiro atoms. The van der Waals surface area contributed by atoms with Gasteiger partial charge < -0.3 is 9.64 Å². The third-order valence-corrected chi connectivity index (χ3v) is 4.27. The van der Waals surface area contributed by atoms with Crippen LogP contribution in [0.25, 0.3) is 17.0 Å². The van der Waals surface area contributed by atoms with Crippen molar-refractivity contribution in [1.29, 1.82) is 0 Å². The van der Waals surface area contributed by atoms with Crippen LogP contribution < -0.4 is 0 Å². The van der Waals surface area contributed by atoms with Crippen LogP contribution >= 0.6 is 0 Å². The Bertz CT molecular complexity index is 688. The van der Waals surface area contributed by atoms with Gasteiger partial charge in [0.25, 0.3) is 0 Å². The Morgan fingerprint density at radius 3 is 2.71 bits per heavy atom. The zero-order chi connectivity index (χ0) is 17.4. The molecule has 4 nitrogen and oxygen atoms in total. The van der Waals surface area contributed by atoms with Crippen LogP contribution in [0.15, 0.2) is 42.6 Å². The first kappa shape index (κ1) is 18.1. The summed E-state index contributed by atoms with van der Waals surface area (Å²) in [6.07, 6.45) is 7.17. The molecule has 0 aliphatic rings. The maximum absolute atomic E-state index is 12.7. The maximum Gasteiger partial charge on any atom is 0.246 e. The summed E-state index contributed by atoms with van der Waals surface area (Å²) in [6.45, 7) is 5.38. The number of pyridine rings is 1. The summed E-state index contributed by atoms with van der Waals surface area (Å²) in [4.78, 5) is 19.0. The minimum absolute atomic E-state index is 0.0219. The van der Waals surface area contributed by atoms with Crippen molar-refractivity contribution in [3.63, 3.8) is 0 Å². The summed E-state index contributed by atoms with van der Waals surface area (Å²) in [5, 5.41) is 1.07. The molecule has 0 atom stereocenters. The third-order valence-electron chi connectivity index (χ3n) is 4.27. The van der Waals surface area contributed by atoms with Crippen molar-refractivity contribution in [2.24, 2.45) is 0 Å². The molecule has 0 unspecified atom stereocenters. The van der Waals surface area contributed by atoms with Crippen LogP contribution in [0.2, 0.25) is 0 Å². The van der Waals surface area contributed by atoms with Crippen LogP contribution in [-0.4, -0.2) is 42.1 Å². The van der Waals surface area contributed by atoms with Crippen LogP contribution in [0, 0.1) is 0 Å². The fourth-order valence-electron chi connectivity index (χ4n) is 2.91. The molecule has 0 bridgehead atoms. The minimum atomic E-state index is 0.0219. The second-order valence-corrected chi connectivity index (χ2v) is 5.75. The number of ether oxygens (including phenoxy) is 1. The van der Waals surface area contributed by atoms with Gasteiger partial charge in [0.05, 0.1) is 12.1 Å². The number of rotatable bonds is 8. The molecule has 0 saturated carbocycles. The highest BCUT2D eigenvalue weighted by Crippen LogP contribution is 2.17. The molecule has 2 rings (SSSR count). The first-order chi connectivity index (χ1) is 11.7. The molecule has 128 valence electrons. The molecule has 0 aliphatic carbocycles. The third kappa shape index (κ3) is 4.42. The zero-order valence-corrected chi connectivity index (χ0v) is 14.7. The lowest BCUT2D eigenvalue weighted by molar-refractivity contribution is -0.129. The highest BCUT2D eigenvalue weighted by atomic mass is 16.5. The Morgan fingerprint density at radius 2 is 2.00 bits per heavy atom. The van der Waals surface area contributed by atoms with Crippen molar-refractivity contribution in [2.45, 2.75) is 32.7 Å². The zero-order valence-electron chi connectivity index (χ0n) is 14.7. The second kappa shape index (κ2) is 9.18. The van der Waals surface area contributed by atoms with Gasteiger partial charge in [-0.1, -0.05) is 38.1 Å². The van der Waals surface area contributed by atoms with Gasteiger partial charge in [0.15, 0.2) is 0 Å². The maximum atomic E-state index is 12.7. The van der Waals surface area contributed by atoms with Crippen molar-refractivity contribution in [3.8, 4) is 0 Å². The molecule has 4 heteroatoms. The van der Waals surface area contributed by atoms with E-state index in [1.807, 2.05) is 41.3 Å². The first-order valence-corrected chi connectivity index (χ1v) is 8.52. The molecule has 1 aromatic carbocycles. The van der Waals surface area contributed by atoms with Crippen molar-refractivity contribution < 1.29 is 9.53 Å². The molecule has 0 saturated heterocycles. The van der Waals surface area contributed by atoms with Crippen molar-refractivity contribution in [1.82, 2.24) is 9.88 Å². The molecule has 24 heavy (non-hydrogen) atoms. The number of carbonyl (C=O) groups excluding carboxylic acids is 1. The number of benzene rings is 1. The molecule has 0 N–H and O–H groups in total. The SMILES string of the molecule is CCC(CC)N(CCOC)C(=O)C=Cc1cccc2cccnc12. The van der Waals surface area contributed by atoms with E-state index >= 15 is 0 Å². The Kier molecular flexibility index (Phi) is 6.94. The molecular weight excluding hydrogens is 300 g/mol. The molecular formula is C20H26N2O2. The standard InChI is InChI=1S/C20H26N2O2/c1-4-18(5-2)22(14-15-24-3)19(23)12-11-17-9-6-8-16-10-7-13-21-20(16)17/h6-13,18H,4-5,14-15H2,1-3H3. The summed E-state index contributed by atoms with van der Waals surface area (Å²) in [5.41, 5.74) is 1.87. The van der Waals surface area contributed by atoms with Gasteiger partial charge in [-0.3, -0.25) is 9.78 Å². The Balaban J connectivity index is 2.22. The van der Waals surface area contributed by atoms with E-state index in [4.69, 9.17) is 4.74 Å². The lowest BCUT2D eigenvalue weighted by Gasteiger charge is -2.29. The van der Waals surface area contributed by atoms with Gasteiger partial charge in [-0.15, -0.1) is 0 Å². The van der Waals surface area contributed by atoms with E-state index in [2.05, 4.69) is 18.8 Å². The van der Waals surface area contributed by atoms with Crippen molar-refractivity contribution >= 4 is 22.9 Å². The molecule has 0 radical (unpaired) electrons. The molecule has 1 heterocycles. The molecule has 0 fully saturated rings. The topological polar surface area (TPSA) is 42.4 Å². The number of nitrogens with zero attached hydrogens (tertiary/aromatic N) is 2. The van der Waals surface area contributed by atoms with Gasteiger partial charge >= 0.3 is 0 Å². The van der Waals surface area contributed by atoms with Crippen LogP contribution in [-0.2, 0) is 9.53 Å². The van der Waals surface area contributed by atoms with Gasteiger partial charge in [-0.2, -0.15) is 0 Å². The number of para-hydroxylation sites is 1. The summed E-state index contributed by atoms with van der Waals surface area (Å²) < 4.78 is 5.15. The number of hydrogen-bond acceptors (Lipinski definition) is 3. The van der Waals surface area contributed by atoms with E-state index in [0.29, 0.717) is 13.2 Å². The fraction of sp³-hybridized carbons (Fsp3) is 0.400. The van der Waals surface area contributed by atoms with Gasteiger partial charge in [-0.25, -0.2) is 0 Å². The average molecular weight is 326 g/mol. The Labute approximate surface area is 144 Å². The number of carbonyl (C=O) groups is 1. The number of amides is 1. The summed E-state index contributed by atoms with van der Waals surface area (Å²) in [6, 6.07) is 10.2. The Morgan fingerprint density at radius 1 is 1.25 bits per heavy atom. The average Bonchev–Trinajstić information content (AvgIpc) is 2.63. The molecule has 1 aromatic heterocycles. The molecule has 2 aromatic rings. The lowest BCUT2D eigenvalue weighted by atomic mass is 10.1. The fourth-order valence-corrected chi connectivity index (χ4v) is 2.91. The highest BCUT2D eigenvalue weighted by Gasteiger charge is 2.18. The number of fused-ring (bicyclic) bond motifs is 1. The van der Waals surface area contributed by atoms with Crippen molar-refractivity contribution in [3.05, 3.63) is 48.2 Å². The summed E-state index contributed by atoms with van der Waals surface area (Å²) in [5.74, 6) is 0.0219. The van der Waals surface area contributed by atoms with E-state index in [1.165, 1.54) is 0 Å². The summed E-state index contributed by atoms with van der Waals surface area (Å²) in [7, 11) is 1.66. The number of aromatic nitrogens is 1. The summed E-state index contributed by atoms with van der Waals surface area (Å²) >= 11 is 0. The molecule has 0 aliphatic heterocycles. The minimum Gasteiger partial charge on any atom is -0.383 e. The number of hydrogen-bond donors (Lipinski definition) is 0. The van der Waals surface area contributed by atoms with Crippen molar-refractivity contribution in [2.75, 3.05) is 20.3 Å². The number of methoxy groups -OCH3 is 1. The second-order valence-electron chi connectivity index (χ2n) is 5.75. The quantitative estimate of drug-likeness (QED) is 0.691. The van der Waals surface area contributed by atoms with Crippen LogP contribution in [0.1, 0.15) is 32.3 Å². The lowest BCUT2D eigenvalue weighted by Crippen LogP contribution is -2.40. The normalized spacial score (nSPS) is 11.5. The van der Waals surface area contributed by atoms with E-state index in [0.717, 1.165) is 29.3 Å². The van der Waals surface area contributed by atoms with E-state index in [-0.39, 0.29) is 11.9 Å². The van der Waals surface area contributed by atoms with Gasteiger partial charge in [0, 0.05) is 42.9 Å². The van der Waals surface area contributed by atoms with E-state index in [1.54, 1.807) is 19.4 Å². The van der Waals surface area contributed by atoms with E-state index < -0.39 is 0 Å². The van der Waals surface area contributed by atoms with Gasteiger partial charge in [0.1, 0.15) is 0 Å². The molecule has 1 amide bonds. The van der Waals surface area contributed by atoms with Gasteiger partial charge in [0.2, 0.25) is 5.91 Å². The highest BCUT2D eigenvalue weighted by molar-refractivity contribution is 5.95. The van der Waals surface area contributed by atoms with Crippen LogP contribution in [0.5, 0.6) is 0 Å². The van der Waals surface area contributed by atoms with E-state index in [9.17, 15) is 4.79 Å². The monoisotopic (exact) mass is 326 g/mol. The predicted octanol–water partition coefficient (Wildman–Crippen LogP) is 3.91. The predicted molar refractivity (Wildman–Crippen MR) is 98.7 cm³/mol. The van der Waals surface area contributed by atoms with Crippen LogP contribution in [0.4, 0.5) is 0 Å².